The van der Waals surface area contributed by atoms with E-state index in [1.54, 1.807) is 0 Å². The number of rotatable bonds is 4. The van der Waals surface area contributed by atoms with Crippen molar-refractivity contribution < 1.29 is 0 Å². The summed E-state index contributed by atoms with van der Waals surface area (Å²) >= 11 is 0. The molecule has 0 bridgehead atoms. The standard InChI is InChI=1S/C14H22N2/c15-12-14-6-4-5-13(11-14)7-10-16-8-2-1-3-9-16/h4-6,11H,1-3,7-10,12,15H2. The topological polar surface area (TPSA) is 29.3 Å². The van der Waals surface area contributed by atoms with E-state index < -0.39 is 0 Å². The van der Waals surface area contributed by atoms with Crippen LogP contribution in [-0.2, 0) is 13.0 Å². The summed E-state index contributed by atoms with van der Waals surface area (Å²) in [5, 5.41) is 0. The van der Waals surface area contributed by atoms with Crippen LogP contribution in [0.5, 0.6) is 0 Å². The van der Waals surface area contributed by atoms with Gasteiger partial charge in [-0.3, -0.25) is 0 Å². The van der Waals surface area contributed by atoms with Crippen LogP contribution < -0.4 is 5.73 Å². The fourth-order valence-electron chi connectivity index (χ4n) is 2.38. The van der Waals surface area contributed by atoms with Crippen molar-refractivity contribution in [3.8, 4) is 0 Å². The molecule has 1 heterocycles. The number of nitrogens with zero attached hydrogens (tertiary/aromatic N) is 1. The van der Waals surface area contributed by atoms with Crippen LogP contribution in [0, 0.1) is 0 Å². The largest absolute Gasteiger partial charge is 0.326 e. The van der Waals surface area contributed by atoms with Crippen molar-refractivity contribution in [2.45, 2.75) is 32.2 Å². The summed E-state index contributed by atoms with van der Waals surface area (Å²) in [6.45, 7) is 4.43. The lowest BCUT2D eigenvalue weighted by molar-refractivity contribution is 0.231. The Hall–Kier alpha value is -0.860. The predicted molar refractivity (Wildman–Crippen MR) is 68.3 cm³/mol. The van der Waals surface area contributed by atoms with Crippen LogP contribution in [0.3, 0.4) is 0 Å². The van der Waals surface area contributed by atoms with Crippen LogP contribution in [0.1, 0.15) is 30.4 Å². The van der Waals surface area contributed by atoms with Gasteiger partial charge in [0.15, 0.2) is 0 Å². The van der Waals surface area contributed by atoms with E-state index in [4.69, 9.17) is 5.73 Å². The minimum Gasteiger partial charge on any atom is -0.326 e. The molecule has 88 valence electrons. The summed E-state index contributed by atoms with van der Waals surface area (Å²) < 4.78 is 0. The summed E-state index contributed by atoms with van der Waals surface area (Å²) in [6, 6.07) is 8.67. The molecule has 0 aliphatic carbocycles. The highest BCUT2D eigenvalue weighted by molar-refractivity contribution is 5.23. The summed E-state index contributed by atoms with van der Waals surface area (Å²) in [5.41, 5.74) is 8.32. The van der Waals surface area contributed by atoms with Gasteiger partial charge in [0.1, 0.15) is 0 Å². The van der Waals surface area contributed by atoms with E-state index in [9.17, 15) is 0 Å². The predicted octanol–water partition coefficient (Wildman–Crippen LogP) is 2.17. The van der Waals surface area contributed by atoms with Gasteiger partial charge in [0.2, 0.25) is 0 Å². The summed E-state index contributed by atoms with van der Waals surface area (Å²) in [6.07, 6.45) is 5.33. The van der Waals surface area contributed by atoms with Crippen molar-refractivity contribution in [3.63, 3.8) is 0 Å². The highest BCUT2D eigenvalue weighted by atomic mass is 15.1. The first-order valence-electron chi connectivity index (χ1n) is 6.39. The van der Waals surface area contributed by atoms with E-state index in [1.807, 2.05) is 0 Å². The van der Waals surface area contributed by atoms with Crippen LogP contribution in [0.15, 0.2) is 24.3 Å². The Kier molecular flexibility index (Phi) is 4.37. The average Bonchev–Trinajstić information content (AvgIpc) is 2.38. The van der Waals surface area contributed by atoms with Gasteiger partial charge in [-0.2, -0.15) is 0 Å². The molecule has 0 spiro atoms. The zero-order valence-corrected chi connectivity index (χ0v) is 9.99. The molecule has 2 N–H and O–H groups in total. The van der Waals surface area contributed by atoms with Crippen LogP contribution in [0.4, 0.5) is 0 Å². The molecule has 1 saturated heterocycles. The number of hydrogen-bond acceptors (Lipinski definition) is 2. The minimum absolute atomic E-state index is 0.650. The maximum Gasteiger partial charge on any atom is 0.0178 e. The fourth-order valence-corrected chi connectivity index (χ4v) is 2.38. The smallest absolute Gasteiger partial charge is 0.0178 e. The van der Waals surface area contributed by atoms with Gasteiger partial charge in [-0.15, -0.1) is 0 Å². The van der Waals surface area contributed by atoms with E-state index in [2.05, 4.69) is 29.2 Å². The van der Waals surface area contributed by atoms with E-state index in [0.717, 1.165) is 6.42 Å². The molecule has 2 rings (SSSR count). The molecule has 16 heavy (non-hydrogen) atoms. The highest BCUT2D eigenvalue weighted by Crippen LogP contribution is 2.11. The van der Waals surface area contributed by atoms with Crippen molar-refractivity contribution in [1.82, 2.24) is 4.90 Å². The third kappa shape index (κ3) is 3.32. The van der Waals surface area contributed by atoms with Gasteiger partial charge in [-0.25, -0.2) is 0 Å². The lowest BCUT2D eigenvalue weighted by atomic mass is 10.1. The van der Waals surface area contributed by atoms with Gasteiger partial charge in [-0.05, 0) is 43.5 Å². The molecule has 0 atom stereocenters. The Bertz CT molecular complexity index is 316. The Labute approximate surface area is 98.4 Å². The molecule has 1 aromatic rings. The van der Waals surface area contributed by atoms with Gasteiger partial charge >= 0.3 is 0 Å². The van der Waals surface area contributed by atoms with Crippen molar-refractivity contribution in [3.05, 3.63) is 35.4 Å². The molecule has 1 fully saturated rings. The second-order valence-electron chi connectivity index (χ2n) is 4.68. The monoisotopic (exact) mass is 218 g/mol. The van der Waals surface area contributed by atoms with Crippen molar-refractivity contribution in [2.24, 2.45) is 5.73 Å². The Morgan fingerprint density at radius 1 is 1.06 bits per heavy atom. The first-order valence-corrected chi connectivity index (χ1v) is 6.39. The van der Waals surface area contributed by atoms with Crippen LogP contribution in [0.25, 0.3) is 0 Å². The van der Waals surface area contributed by atoms with Gasteiger partial charge in [0.25, 0.3) is 0 Å². The quantitative estimate of drug-likeness (QED) is 0.839. The van der Waals surface area contributed by atoms with E-state index in [-0.39, 0.29) is 0 Å². The maximum absolute atomic E-state index is 5.65. The number of nitrogens with two attached hydrogens (primary N) is 1. The second kappa shape index (κ2) is 6.02. The second-order valence-corrected chi connectivity index (χ2v) is 4.68. The molecule has 1 aromatic carbocycles. The van der Waals surface area contributed by atoms with E-state index in [0.29, 0.717) is 6.54 Å². The molecule has 1 aliphatic heterocycles. The number of piperidine rings is 1. The lowest BCUT2D eigenvalue weighted by Gasteiger charge is -2.26. The van der Waals surface area contributed by atoms with Gasteiger partial charge in [0.05, 0.1) is 0 Å². The Morgan fingerprint density at radius 2 is 1.81 bits per heavy atom. The highest BCUT2D eigenvalue weighted by Gasteiger charge is 2.09. The first kappa shape index (κ1) is 11.6. The van der Waals surface area contributed by atoms with Crippen molar-refractivity contribution in [2.75, 3.05) is 19.6 Å². The van der Waals surface area contributed by atoms with E-state index >= 15 is 0 Å². The zero-order valence-electron chi connectivity index (χ0n) is 9.99. The number of benzene rings is 1. The van der Waals surface area contributed by atoms with Crippen LogP contribution in [-0.4, -0.2) is 24.5 Å². The average molecular weight is 218 g/mol. The van der Waals surface area contributed by atoms with Gasteiger partial charge < -0.3 is 10.6 Å². The molecule has 0 amide bonds. The maximum atomic E-state index is 5.65. The van der Waals surface area contributed by atoms with E-state index in [1.165, 1.54) is 50.0 Å². The molecule has 2 nitrogen and oxygen atoms in total. The summed E-state index contributed by atoms with van der Waals surface area (Å²) in [4.78, 5) is 2.58. The number of hydrogen-bond donors (Lipinski definition) is 1. The van der Waals surface area contributed by atoms with Gasteiger partial charge in [0, 0.05) is 13.1 Å². The van der Waals surface area contributed by atoms with Crippen LogP contribution >= 0.6 is 0 Å². The van der Waals surface area contributed by atoms with Crippen molar-refractivity contribution >= 4 is 0 Å². The zero-order chi connectivity index (χ0) is 11.2. The van der Waals surface area contributed by atoms with Crippen LogP contribution in [0.2, 0.25) is 0 Å². The third-order valence-electron chi connectivity index (χ3n) is 3.39. The Morgan fingerprint density at radius 3 is 2.56 bits per heavy atom. The molecule has 2 heteroatoms. The third-order valence-corrected chi connectivity index (χ3v) is 3.39. The lowest BCUT2D eigenvalue weighted by Crippen LogP contribution is -2.31. The minimum atomic E-state index is 0.650. The molecule has 0 saturated carbocycles. The molecular weight excluding hydrogens is 196 g/mol. The first-order chi connectivity index (χ1) is 7.88. The molecule has 0 radical (unpaired) electrons. The van der Waals surface area contributed by atoms with Gasteiger partial charge in [-0.1, -0.05) is 30.7 Å². The molecule has 1 aliphatic rings. The fraction of sp³-hybridized carbons (Fsp3) is 0.571. The molecular formula is C14H22N2. The van der Waals surface area contributed by atoms with Crippen molar-refractivity contribution in [1.29, 1.82) is 0 Å². The molecule has 0 aromatic heterocycles. The summed E-state index contributed by atoms with van der Waals surface area (Å²) in [5.74, 6) is 0. The summed E-state index contributed by atoms with van der Waals surface area (Å²) in [7, 11) is 0. The molecule has 0 unspecified atom stereocenters. The number of likely N-dealkylation sites (tertiary alicyclic amines) is 1. The normalized spacial score (nSPS) is 17.6. The SMILES string of the molecule is NCc1cccc(CCN2CCCCC2)c1. The Balaban J connectivity index is 1.83.